The van der Waals surface area contributed by atoms with Gasteiger partial charge in [-0.15, -0.1) is 0 Å². The summed E-state index contributed by atoms with van der Waals surface area (Å²) in [6, 6.07) is 16.8. The molecule has 1 atom stereocenters. The summed E-state index contributed by atoms with van der Waals surface area (Å²) in [5.74, 6) is 0. The summed E-state index contributed by atoms with van der Waals surface area (Å²) in [6.07, 6.45) is 2.55. The van der Waals surface area contributed by atoms with Crippen LogP contribution in [-0.4, -0.2) is 28.1 Å². The molecule has 0 saturated heterocycles. The fourth-order valence-corrected chi connectivity index (χ4v) is 3.33. The van der Waals surface area contributed by atoms with Crippen LogP contribution in [0.4, 0.5) is 0 Å². The number of benzene rings is 2. The van der Waals surface area contributed by atoms with Gasteiger partial charge in [-0.3, -0.25) is 4.90 Å². The second-order valence-electron chi connectivity index (χ2n) is 6.09. The molecule has 2 aromatic carbocycles. The van der Waals surface area contributed by atoms with E-state index < -0.39 is 6.10 Å². The van der Waals surface area contributed by atoms with Gasteiger partial charge in [-0.2, -0.15) is 0 Å². The van der Waals surface area contributed by atoms with Crippen molar-refractivity contribution in [2.24, 2.45) is 0 Å². The summed E-state index contributed by atoms with van der Waals surface area (Å²) in [7, 11) is 0. The van der Waals surface area contributed by atoms with Gasteiger partial charge in [-0.25, -0.2) is 0 Å². The second kappa shape index (κ2) is 5.59. The number of β-amino-alcohol motifs (C(OH)–C–C–N with tert-alkyl or cyclic N) is 1. The number of hydrogen-bond acceptors (Lipinski definition) is 2. The van der Waals surface area contributed by atoms with Gasteiger partial charge >= 0.3 is 0 Å². The highest BCUT2D eigenvalue weighted by atomic mass is 16.3. The lowest BCUT2D eigenvalue weighted by molar-refractivity contribution is 0.106. The minimum atomic E-state index is -0.446. The molecular weight excluding hydrogens is 272 g/mol. The molecular formula is C19H20N2O. The van der Waals surface area contributed by atoms with Gasteiger partial charge in [-0.05, 0) is 40.6 Å². The highest BCUT2D eigenvalue weighted by Crippen LogP contribution is 2.23. The van der Waals surface area contributed by atoms with Gasteiger partial charge in [0.15, 0.2) is 0 Å². The van der Waals surface area contributed by atoms with Gasteiger partial charge in [0.25, 0.3) is 0 Å². The van der Waals surface area contributed by atoms with Gasteiger partial charge < -0.3 is 10.1 Å². The van der Waals surface area contributed by atoms with Crippen molar-refractivity contribution in [1.29, 1.82) is 0 Å². The Hall–Kier alpha value is -2.10. The zero-order valence-electron chi connectivity index (χ0n) is 12.5. The average molecular weight is 292 g/mol. The van der Waals surface area contributed by atoms with Crippen molar-refractivity contribution in [3.8, 4) is 0 Å². The molecule has 1 aromatic heterocycles. The molecule has 0 aliphatic carbocycles. The molecule has 0 bridgehead atoms. The third-order valence-electron chi connectivity index (χ3n) is 4.60. The second-order valence-corrected chi connectivity index (χ2v) is 6.09. The Labute approximate surface area is 130 Å². The molecule has 22 heavy (non-hydrogen) atoms. The largest absolute Gasteiger partial charge is 0.387 e. The predicted octanol–water partition coefficient (Wildman–Crippen LogP) is 3.26. The Bertz CT molecular complexity index is 793. The van der Waals surface area contributed by atoms with Crippen LogP contribution in [0.5, 0.6) is 0 Å². The van der Waals surface area contributed by atoms with E-state index in [-0.39, 0.29) is 0 Å². The molecule has 0 amide bonds. The number of H-pyrrole nitrogens is 1. The topological polar surface area (TPSA) is 39.3 Å². The zero-order valence-corrected chi connectivity index (χ0v) is 12.5. The lowest BCUT2D eigenvalue weighted by atomic mass is 9.99. The van der Waals surface area contributed by atoms with E-state index in [2.05, 4.69) is 46.3 Å². The van der Waals surface area contributed by atoms with Gasteiger partial charge in [0.2, 0.25) is 0 Å². The maximum absolute atomic E-state index is 10.6. The van der Waals surface area contributed by atoms with Crippen LogP contribution in [0.3, 0.4) is 0 Å². The predicted molar refractivity (Wildman–Crippen MR) is 88.7 cm³/mol. The summed E-state index contributed by atoms with van der Waals surface area (Å²) in [4.78, 5) is 5.55. The number of aliphatic hydroxyl groups excluding tert-OH is 1. The number of nitrogens with one attached hydrogen (secondary N) is 1. The minimum absolute atomic E-state index is 0.446. The van der Waals surface area contributed by atoms with Crippen molar-refractivity contribution in [2.45, 2.75) is 19.1 Å². The fraction of sp³-hybridized carbons (Fsp3) is 0.263. The third-order valence-corrected chi connectivity index (χ3v) is 4.60. The summed E-state index contributed by atoms with van der Waals surface area (Å²) >= 11 is 0. The van der Waals surface area contributed by atoms with Crippen molar-refractivity contribution >= 4 is 10.9 Å². The average Bonchev–Trinajstić information content (AvgIpc) is 3.02. The molecule has 0 radical (unpaired) electrons. The van der Waals surface area contributed by atoms with Crippen LogP contribution in [-0.2, 0) is 13.0 Å². The number of aliphatic hydroxyl groups is 1. The van der Waals surface area contributed by atoms with E-state index >= 15 is 0 Å². The van der Waals surface area contributed by atoms with E-state index in [1.165, 1.54) is 16.5 Å². The summed E-state index contributed by atoms with van der Waals surface area (Å²) in [5.41, 5.74) is 4.90. The monoisotopic (exact) mass is 292 g/mol. The first kappa shape index (κ1) is 13.6. The normalized spacial score (nSPS) is 16.6. The maximum Gasteiger partial charge on any atom is 0.0917 e. The molecule has 3 nitrogen and oxygen atoms in total. The van der Waals surface area contributed by atoms with Crippen LogP contribution in [0.2, 0.25) is 0 Å². The van der Waals surface area contributed by atoms with Crippen molar-refractivity contribution in [3.63, 3.8) is 0 Å². The molecule has 1 aliphatic heterocycles. The van der Waals surface area contributed by atoms with Gasteiger partial charge in [0, 0.05) is 31.3 Å². The molecule has 0 fully saturated rings. The number of nitrogens with zero attached hydrogens (tertiary/aromatic N) is 1. The number of hydrogen-bond donors (Lipinski definition) is 2. The molecule has 2 heterocycles. The van der Waals surface area contributed by atoms with E-state index in [4.69, 9.17) is 0 Å². The smallest absolute Gasteiger partial charge is 0.0917 e. The highest BCUT2D eigenvalue weighted by molar-refractivity contribution is 5.79. The van der Waals surface area contributed by atoms with Crippen LogP contribution in [0.25, 0.3) is 10.9 Å². The van der Waals surface area contributed by atoms with E-state index in [0.717, 1.165) is 30.6 Å². The highest BCUT2D eigenvalue weighted by Gasteiger charge is 2.19. The van der Waals surface area contributed by atoms with Crippen LogP contribution in [0.15, 0.2) is 54.7 Å². The van der Waals surface area contributed by atoms with Crippen molar-refractivity contribution in [3.05, 3.63) is 71.4 Å². The lowest BCUT2D eigenvalue weighted by Crippen LogP contribution is -2.33. The molecule has 1 aliphatic rings. The van der Waals surface area contributed by atoms with E-state index in [0.29, 0.717) is 6.54 Å². The molecule has 1 unspecified atom stereocenters. The molecule has 3 aromatic rings. The summed E-state index contributed by atoms with van der Waals surface area (Å²) in [6.45, 7) is 2.62. The van der Waals surface area contributed by atoms with Crippen LogP contribution in [0.1, 0.15) is 22.8 Å². The first-order valence-electron chi connectivity index (χ1n) is 7.84. The molecule has 4 rings (SSSR count). The molecule has 0 spiro atoms. The number of aromatic nitrogens is 1. The first-order valence-corrected chi connectivity index (χ1v) is 7.84. The number of aromatic amines is 1. The van der Waals surface area contributed by atoms with Crippen LogP contribution in [0, 0.1) is 0 Å². The third kappa shape index (κ3) is 2.54. The van der Waals surface area contributed by atoms with Gasteiger partial charge in [-0.1, -0.05) is 36.4 Å². The number of fused-ring (bicyclic) bond motifs is 2. The quantitative estimate of drug-likeness (QED) is 0.778. The Kier molecular flexibility index (Phi) is 3.45. The Morgan fingerprint density at radius 3 is 2.86 bits per heavy atom. The fourth-order valence-electron chi connectivity index (χ4n) is 3.33. The van der Waals surface area contributed by atoms with E-state index in [1.54, 1.807) is 0 Å². The van der Waals surface area contributed by atoms with Crippen molar-refractivity contribution in [2.75, 3.05) is 13.1 Å². The Morgan fingerprint density at radius 1 is 1.09 bits per heavy atom. The molecule has 112 valence electrons. The van der Waals surface area contributed by atoms with Crippen LogP contribution >= 0.6 is 0 Å². The Balaban J connectivity index is 1.49. The van der Waals surface area contributed by atoms with Crippen molar-refractivity contribution in [1.82, 2.24) is 9.88 Å². The molecule has 3 heteroatoms. The first-order chi connectivity index (χ1) is 10.8. The number of rotatable bonds is 3. The van der Waals surface area contributed by atoms with Gasteiger partial charge in [0.05, 0.1) is 6.10 Å². The van der Waals surface area contributed by atoms with Crippen LogP contribution < -0.4 is 0 Å². The standard InChI is InChI=1S/C19H20N2O/c22-19(16-6-5-15-7-9-20-18(15)11-16)13-21-10-8-14-3-1-2-4-17(14)12-21/h1-7,9,11,19-20,22H,8,10,12-13H2. The maximum atomic E-state index is 10.6. The lowest BCUT2D eigenvalue weighted by Gasteiger charge is -2.30. The minimum Gasteiger partial charge on any atom is -0.387 e. The Morgan fingerprint density at radius 2 is 1.95 bits per heavy atom. The van der Waals surface area contributed by atoms with E-state index in [9.17, 15) is 5.11 Å². The summed E-state index contributed by atoms with van der Waals surface area (Å²) in [5, 5.41) is 11.7. The molecule has 0 saturated carbocycles. The SMILES string of the molecule is OC(CN1CCc2ccccc2C1)c1ccc2cc[nH]c2c1. The van der Waals surface area contributed by atoms with Crippen molar-refractivity contribution < 1.29 is 5.11 Å². The summed E-state index contributed by atoms with van der Waals surface area (Å²) < 4.78 is 0. The molecule has 2 N–H and O–H groups in total. The van der Waals surface area contributed by atoms with E-state index in [1.807, 2.05) is 18.3 Å². The zero-order chi connectivity index (χ0) is 14.9. The van der Waals surface area contributed by atoms with Gasteiger partial charge in [0.1, 0.15) is 0 Å².